The van der Waals surface area contributed by atoms with Gasteiger partial charge >= 0.3 is 11.7 Å². The summed E-state index contributed by atoms with van der Waals surface area (Å²) in [5.41, 5.74) is 1.26. The molecule has 0 spiro atoms. The predicted molar refractivity (Wildman–Crippen MR) is 56.1 cm³/mol. The Bertz CT molecular complexity index is 442. The molecule has 1 atom stereocenters. The third-order valence-corrected chi connectivity index (χ3v) is 2.86. The molecule has 0 saturated carbocycles. The Morgan fingerprint density at radius 2 is 1.93 bits per heavy atom. The molecule has 0 aliphatic carbocycles. The second-order valence-electron chi connectivity index (χ2n) is 3.64. The molecule has 84 valence electrons. The number of aromatic nitrogens is 2. The SMILES string of the molecule is CCC(C(=O)O)n1c(C)c(C)n(C)c1=O. The van der Waals surface area contributed by atoms with Crippen molar-refractivity contribution < 1.29 is 9.90 Å². The van der Waals surface area contributed by atoms with Crippen molar-refractivity contribution in [3.8, 4) is 0 Å². The van der Waals surface area contributed by atoms with Crippen LogP contribution in [0, 0.1) is 13.8 Å². The summed E-state index contributed by atoms with van der Waals surface area (Å²) in [6.07, 6.45) is 0.402. The first kappa shape index (κ1) is 11.6. The number of carbonyl (C=O) groups is 1. The van der Waals surface area contributed by atoms with E-state index >= 15 is 0 Å². The molecule has 15 heavy (non-hydrogen) atoms. The summed E-state index contributed by atoms with van der Waals surface area (Å²) < 4.78 is 2.82. The fourth-order valence-corrected chi connectivity index (χ4v) is 1.70. The van der Waals surface area contributed by atoms with E-state index in [0.29, 0.717) is 6.42 Å². The maximum atomic E-state index is 11.8. The van der Waals surface area contributed by atoms with Crippen molar-refractivity contribution in [1.29, 1.82) is 0 Å². The number of aliphatic carboxylic acids is 1. The van der Waals surface area contributed by atoms with E-state index < -0.39 is 12.0 Å². The Kier molecular flexibility index (Phi) is 3.02. The minimum atomic E-state index is -0.965. The first-order valence-corrected chi connectivity index (χ1v) is 4.89. The molecular weight excluding hydrogens is 196 g/mol. The molecule has 0 aromatic carbocycles. The van der Waals surface area contributed by atoms with E-state index in [1.807, 2.05) is 6.92 Å². The van der Waals surface area contributed by atoms with Gasteiger partial charge in [0.25, 0.3) is 0 Å². The third-order valence-electron chi connectivity index (χ3n) is 2.86. The fourth-order valence-electron chi connectivity index (χ4n) is 1.70. The molecule has 1 unspecified atom stereocenters. The zero-order valence-corrected chi connectivity index (χ0v) is 9.44. The molecule has 1 aromatic heterocycles. The number of carboxylic acid groups (broad SMARTS) is 1. The number of nitrogens with zero attached hydrogens (tertiary/aromatic N) is 2. The lowest BCUT2D eigenvalue weighted by Gasteiger charge is -2.12. The lowest BCUT2D eigenvalue weighted by molar-refractivity contribution is -0.141. The van der Waals surface area contributed by atoms with Crippen LogP contribution < -0.4 is 5.69 Å². The van der Waals surface area contributed by atoms with Crippen LogP contribution in [0.25, 0.3) is 0 Å². The molecule has 1 rings (SSSR count). The van der Waals surface area contributed by atoms with E-state index in [0.717, 1.165) is 11.4 Å². The van der Waals surface area contributed by atoms with E-state index in [1.54, 1.807) is 20.9 Å². The molecule has 1 N–H and O–H groups in total. The number of imidazole rings is 1. The topological polar surface area (TPSA) is 64.2 Å². The predicted octanol–water partition coefficient (Wildman–Crippen LogP) is 0.839. The minimum absolute atomic E-state index is 0.265. The average Bonchev–Trinajstić information content (AvgIpc) is 2.36. The quantitative estimate of drug-likeness (QED) is 0.807. The van der Waals surface area contributed by atoms with Gasteiger partial charge in [-0.3, -0.25) is 9.13 Å². The maximum absolute atomic E-state index is 11.8. The lowest BCUT2D eigenvalue weighted by atomic mass is 10.2. The minimum Gasteiger partial charge on any atom is -0.480 e. The van der Waals surface area contributed by atoms with Crippen LogP contribution in [0.15, 0.2) is 4.79 Å². The highest BCUT2D eigenvalue weighted by molar-refractivity contribution is 5.71. The second-order valence-corrected chi connectivity index (χ2v) is 3.64. The van der Waals surface area contributed by atoms with Gasteiger partial charge in [-0.2, -0.15) is 0 Å². The highest BCUT2D eigenvalue weighted by atomic mass is 16.4. The summed E-state index contributed by atoms with van der Waals surface area (Å²) in [5, 5.41) is 9.01. The Hall–Kier alpha value is -1.52. The molecule has 0 bridgehead atoms. The van der Waals surface area contributed by atoms with Gasteiger partial charge in [0.05, 0.1) is 0 Å². The Morgan fingerprint density at radius 1 is 1.40 bits per heavy atom. The van der Waals surface area contributed by atoms with Crippen LogP contribution in [-0.2, 0) is 11.8 Å². The van der Waals surface area contributed by atoms with Gasteiger partial charge < -0.3 is 5.11 Å². The van der Waals surface area contributed by atoms with E-state index in [2.05, 4.69) is 0 Å². The third kappa shape index (κ3) is 1.69. The van der Waals surface area contributed by atoms with E-state index in [9.17, 15) is 9.59 Å². The molecule has 1 aromatic rings. The summed E-state index contributed by atoms with van der Waals surface area (Å²) in [6, 6.07) is -0.766. The van der Waals surface area contributed by atoms with Crippen molar-refractivity contribution in [2.24, 2.45) is 7.05 Å². The van der Waals surface area contributed by atoms with Crippen LogP contribution in [0.5, 0.6) is 0 Å². The largest absolute Gasteiger partial charge is 0.480 e. The van der Waals surface area contributed by atoms with Crippen molar-refractivity contribution in [3.63, 3.8) is 0 Å². The Morgan fingerprint density at radius 3 is 2.20 bits per heavy atom. The van der Waals surface area contributed by atoms with Gasteiger partial charge in [0.1, 0.15) is 6.04 Å². The summed E-state index contributed by atoms with van der Waals surface area (Å²) in [5.74, 6) is -0.965. The van der Waals surface area contributed by atoms with Gasteiger partial charge in [-0.25, -0.2) is 9.59 Å². The second kappa shape index (κ2) is 3.92. The molecule has 0 radical (unpaired) electrons. The summed E-state index contributed by atoms with van der Waals surface area (Å²) in [6.45, 7) is 5.33. The Balaban J connectivity index is 3.43. The van der Waals surface area contributed by atoms with Crippen molar-refractivity contribution in [1.82, 2.24) is 9.13 Å². The molecule has 0 saturated heterocycles. The van der Waals surface area contributed by atoms with Crippen molar-refractivity contribution in [2.45, 2.75) is 33.2 Å². The van der Waals surface area contributed by atoms with E-state index in [1.165, 1.54) is 9.13 Å². The standard InChI is InChI=1S/C10H16N2O3/c1-5-8(9(13)14)12-7(3)6(2)11(4)10(12)15/h8H,5H2,1-4H3,(H,13,14). The molecule has 0 aliphatic rings. The van der Waals surface area contributed by atoms with Gasteiger partial charge in [-0.15, -0.1) is 0 Å². The van der Waals surface area contributed by atoms with Gasteiger partial charge in [-0.05, 0) is 20.3 Å². The Labute approximate surface area is 88.0 Å². The van der Waals surface area contributed by atoms with Gasteiger partial charge in [0.15, 0.2) is 0 Å². The number of hydrogen-bond acceptors (Lipinski definition) is 2. The molecular formula is C10H16N2O3. The summed E-state index contributed by atoms with van der Waals surface area (Å²) >= 11 is 0. The first-order valence-electron chi connectivity index (χ1n) is 4.89. The lowest BCUT2D eigenvalue weighted by Crippen LogP contribution is -2.30. The van der Waals surface area contributed by atoms with Crippen molar-refractivity contribution in [2.75, 3.05) is 0 Å². The molecule has 0 aliphatic heterocycles. The summed E-state index contributed by atoms with van der Waals surface area (Å²) in [7, 11) is 1.65. The van der Waals surface area contributed by atoms with Crippen LogP contribution in [0.2, 0.25) is 0 Å². The molecule has 5 nitrogen and oxygen atoms in total. The molecule has 1 heterocycles. The van der Waals surface area contributed by atoms with Crippen molar-refractivity contribution >= 4 is 5.97 Å². The van der Waals surface area contributed by atoms with Gasteiger partial charge in [0.2, 0.25) is 0 Å². The first-order chi connectivity index (χ1) is 6.91. The molecule has 0 amide bonds. The van der Waals surface area contributed by atoms with E-state index in [-0.39, 0.29) is 5.69 Å². The van der Waals surface area contributed by atoms with Gasteiger partial charge in [-0.1, -0.05) is 6.92 Å². The number of carboxylic acids is 1. The monoisotopic (exact) mass is 212 g/mol. The zero-order chi connectivity index (χ0) is 11.7. The maximum Gasteiger partial charge on any atom is 0.329 e. The highest BCUT2D eigenvalue weighted by Crippen LogP contribution is 2.14. The smallest absolute Gasteiger partial charge is 0.329 e. The molecule has 5 heteroatoms. The summed E-state index contributed by atoms with van der Waals surface area (Å²) in [4.78, 5) is 22.8. The van der Waals surface area contributed by atoms with Crippen LogP contribution in [0.4, 0.5) is 0 Å². The number of hydrogen-bond donors (Lipinski definition) is 1. The highest BCUT2D eigenvalue weighted by Gasteiger charge is 2.23. The molecule has 0 fully saturated rings. The average molecular weight is 212 g/mol. The van der Waals surface area contributed by atoms with E-state index in [4.69, 9.17) is 5.11 Å². The number of rotatable bonds is 3. The zero-order valence-electron chi connectivity index (χ0n) is 9.44. The van der Waals surface area contributed by atoms with Crippen LogP contribution in [0.1, 0.15) is 30.8 Å². The van der Waals surface area contributed by atoms with Crippen molar-refractivity contribution in [3.05, 3.63) is 21.9 Å². The van der Waals surface area contributed by atoms with Crippen LogP contribution in [0.3, 0.4) is 0 Å². The van der Waals surface area contributed by atoms with Crippen LogP contribution >= 0.6 is 0 Å². The van der Waals surface area contributed by atoms with Gasteiger partial charge in [0, 0.05) is 18.4 Å². The fraction of sp³-hybridized carbons (Fsp3) is 0.600. The van der Waals surface area contributed by atoms with Crippen LogP contribution in [-0.4, -0.2) is 20.2 Å². The normalized spacial score (nSPS) is 12.8.